The average molecular weight is 833 g/mol. The number of halogens is 4. The Morgan fingerprint density at radius 2 is 1.11 bits per heavy atom. The van der Waals surface area contributed by atoms with Crippen LogP contribution in [0.25, 0.3) is 0 Å². The molecule has 2 aliphatic heterocycles. The molecule has 2 aromatic heterocycles. The first-order valence-electron chi connectivity index (χ1n) is 17.4. The Bertz CT molecular complexity index is 2100. The Kier molecular flexibility index (Phi) is 13.9. The molecule has 0 saturated carbocycles. The number of Topliss-reactive ketones (excluding diaryl/α,β-unsaturated/α-hetero) is 1. The number of benzene rings is 2. The van der Waals surface area contributed by atoms with E-state index in [4.69, 9.17) is 62.3 Å². The van der Waals surface area contributed by atoms with E-state index in [9.17, 15) is 14.4 Å². The molecule has 6 rings (SSSR count). The molecule has 2 aliphatic rings. The van der Waals surface area contributed by atoms with Crippen LogP contribution in [0.15, 0.2) is 36.4 Å². The number of piperazine rings is 2. The van der Waals surface area contributed by atoms with Gasteiger partial charge in [-0.1, -0.05) is 46.4 Å². The zero-order chi connectivity index (χ0) is 40.0. The molecule has 2 saturated heterocycles. The third-order valence-corrected chi connectivity index (χ3v) is 11.1. The maximum atomic E-state index is 12.7. The SMILES string of the molecule is C#Cc1nn(CC(=O)N2CCN(c3ccc(Cl)c(OC)c3)CC2)c(C)c1Cl.COc1cc(N2CCN(C(=O)Cn3nc(C(C)=O)c(Cl)c3C)CC2)ccc1Cl. The van der Waals surface area contributed by atoms with Crippen LogP contribution in [0.3, 0.4) is 0 Å². The summed E-state index contributed by atoms with van der Waals surface area (Å²) in [5.41, 5.74) is 3.92. The molecule has 0 aliphatic carbocycles. The van der Waals surface area contributed by atoms with Crippen molar-refractivity contribution in [2.45, 2.75) is 33.9 Å². The highest BCUT2D eigenvalue weighted by Gasteiger charge is 2.26. The molecule has 4 aromatic rings. The lowest BCUT2D eigenvalue weighted by molar-refractivity contribution is -0.133. The number of nitrogens with zero attached hydrogens (tertiary/aromatic N) is 8. The Morgan fingerprint density at radius 3 is 1.47 bits per heavy atom. The minimum Gasteiger partial charge on any atom is -0.495 e. The van der Waals surface area contributed by atoms with E-state index >= 15 is 0 Å². The summed E-state index contributed by atoms with van der Waals surface area (Å²) in [6, 6.07) is 11.3. The van der Waals surface area contributed by atoms with Crippen molar-refractivity contribution in [3.8, 4) is 23.8 Å². The molecule has 2 fully saturated rings. The number of carbonyl (C=O) groups excluding carboxylic acids is 3. The predicted octanol–water partition coefficient (Wildman–Crippen LogP) is 5.90. The second-order valence-electron chi connectivity index (χ2n) is 12.9. The standard InChI is InChI=1S/C19H22Cl2N4O3.C19H20Cl2N4O2/c1-12-18(21)19(13(2)26)22-25(12)11-17(27)24-8-6-23(7-9-24)14-4-5-15(20)16(10-14)28-3;1-4-16-19(21)13(2)25(22-16)12-18(26)24-9-7-23(8-10-24)14-5-6-15(20)17(11-14)27-3/h4-5,10H,6-9,11H2,1-3H3;1,5-6,11H,7-10,12H2,2-3H3. The van der Waals surface area contributed by atoms with Crippen molar-refractivity contribution in [3.63, 3.8) is 0 Å². The Labute approximate surface area is 340 Å². The van der Waals surface area contributed by atoms with Crippen molar-refractivity contribution in [2.24, 2.45) is 0 Å². The van der Waals surface area contributed by atoms with E-state index in [1.165, 1.54) is 11.6 Å². The normalized spacial score (nSPS) is 14.3. The van der Waals surface area contributed by atoms with E-state index in [2.05, 4.69) is 25.9 Å². The molecule has 0 bridgehead atoms. The van der Waals surface area contributed by atoms with Gasteiger partial charge in [0, 0.05) is 82.8 Å². The summed E-state index contributed by atoms with van der Waals surface area (Å²) in [4.78, 5) is 44.9. The summed E-state index contributed by atoms with van der Waals surface area (Å²) < 4.78 is 13.6. The van der Waals surface area contributed by atoms with Gasteiger partial charge in [-0.15, -0.1) is 6.42 Å². The first-order chi connectivity index (χ1) is 26.3. The molecule has 0 unspecified atom stereocenters. The fraction of sp³-hybridized carbons (Fsp3) is 0.395. The van der Waals surface area contributed by atoms with E-state index in [0.717, 1.165) is 24.5 Å². The first-order valence-corrected chi connectivity index (χ1v) is 18.9. The molecule has 55 heavy (non-hydrogen) atoms. The maximum Gasteiger partial charge on any atom is 0.244 e. The van der Waals surface area contributed by atoms with Crippen molar-refractivity contribution < 1.29 is 23.9 Å². The van der Waals surface area contributed by atoms with E-state index in [1.807, 2.05) is 41.3 Å². The third-order valence-electron chi connectivity index (χ3n) is 9.57. The molecule has 13 nitrogen and oxygen atoms in total. The van der Waals surface area contributed by atoms with Crippen molar-refractivity contribution in [3.05, 3.63) is 79.3 Å². The van der Waals surface area contributed by atoms with Gasteiger partial charge >= 0.3 is 0 Å². The largest absolute Gasteiger partial charge is 0.495 e. The third kappa shape index (κ3) is 9.62. The van der Waals surface area contributed by atoms with Gasteiger partial charge < -0.3 is 29.1 Å². The van der Waals surface area contributed by atoms with Gasteiger partial charge in [0.25, 0.3) is 0 Å². The Balaban J connectivity index is 0.000000211. The van der Waals surface area contributed by atoms with Crippen LogP contribution in [0.4, 0.5) is 11.4 Å². The second-order valence-corrected chi connectivity index (χ2v) is 14.5. The van der Waals surface area contributed by atoms with Gasteiger partial charge in [-0.25, -0.2) is 0 Å². The van der Waals surface area contributed by atoms with Crippen LogP contribution in [0.5, 0.6) is 11.5 Å². The van der Waals surface area contributed by atoms with Crippen LogP contribution in [-0.2, 0) is 22.7 Å². The molecule has 0 N–H and O–H groups in total. The van der Waals surface area contributed by atoms with E-state index < -0.39 is 0 Å². The molecule has 0 radical (unpaired) electrons. The van der Waals surface area contributed by atoms with Gasteiger partial charge in [0.1, 0.15) is 30.3 Å². The first kappa shape index (κ1) is 41.6. The zero-order valence-corrected chi connectivity index (χ0v) is 34.3. The monoisotopic (exact) mass is 830 g/mol. The lowest BCUT2D eigenvalue weighted by Gasteiger charge is -2.36. The number of carbonyl (C=O) groups is 3. The quantitative estimate of drug-likeness (QED) is 0.150. The van der Waals surface area contributed by atoms with Crippen LogP contribution >= 0.6 is 46.4 Å². The van der Waals surface area contributed by atoms with Gasteiger partial charge in [0.2, 0.25) is 11.8 Å². The van der Waals surface area contributed by atoms with Gasteiger partial charge in [0.15, 0.2) is 11.5 Å². The number of ether oxygens (including phenoxy) is 2. The van der Waals surface area contributed by atoms with Gasteiger partial charge in [-0.05, 0) is 44.0 Å². The smallest absolute Gasteiger partial charge is 0.244 e. The fourth-order valence-electron chi connectivity index (χ4n) is 6.25. The summed E-state index contributed by atoms with van der Waals surface area (Å²) in [5.74, 6) is 3.43. The lowest BCUT2D eigenvalue weighted by atomic mass is 10.2. The number of hydrogen-bond acceptors (Lipinski definition) is 9. The molecule has 2 amide bonds. The van der Waals surface area contributed by atoms with E-state index in [1.54, 1.807) is 37.6 Å². The molecule has 2 aromatic carbocycles. The molecule has 292 valence electrons. The summed E-state index contributed by atoms with van der Waals surface area (Å²) in [6.07, 6.45) is 5.38. The molecule has 0 spiro atoms. The number of anilines is 2. The average Bonchev–Trinajstić information content (AvgIpc) is 3.63. The van der Waals surface area contributed by atoms with Gasteiger partial charge in [-0.3, -0.25) is 23.7 Å². The molecule has 17 heteroatoms. The summed E-state index contributed by atoms with van der Waals surface area (Å²) >= 11 is 24.4. The predicted molar refractivity (Wildman–Crippen MR) is 215 cm³/mol. The van der Waals surface area contributed by atoms with Crippen molar-refractivity contribution in [1.29, 1.82) is 0 Å². The van der Waals surface area contributed by atoms with Crippen molar-refractivity contribution in [1.82, 2.24) is 29.4 Å². The number of methoxy groups -OCH3 is 2. The van der Waals surface area contributed by atoms with Crippen LogP contribution in [0.2, 0.25) is 20.1 Å². The van der Waals surface area contributed by atoms with Crippen LogP contribution in [0, 0.1) is 26.2 Å². The van der Waals surface area contributed by atoms with Crippen molar-refractivity contribution in [2.75, 3.05) is 76.4 Å². The van der Waals surface area contributed by atoms with Crippen LogP contribution in [-0.4, -0.2) is 114 Å². The van der Waals surface area contributed by atoms with E-state index in [-0.39, 0.29) is 36.4 Å². The second kappa shape index (κ2) is 18.3. The molecule has 4 heterocycles. The zero-order valence-electron chi connectivity index (χ0n) is 31.2. The minimum absolute atomic E-state index is 0.00539. The Morgan fingerprint density at radius 1 is 0.691 bits per heavy atom. The highest BCUT2D eigenvalue weighted by molar-refractivity contribution is 6.34. The van der Waals surface area contributed by atoms with Crippen LogP contribution in [0.1, 0.15) is 34.5 Å². The summed E-state index contributed by atoms with van der Waals surface area (Å²) in [5, 5.41) is 10.3. The molecular formula is C38H42Cl4N8O5. The summed E-state index contributed by atoms with van der Waals surface area (Å²) in [6.45, 7) is 10.4. The number of terminal acetylenes is 1. The number of ketones is 1. The van der Waals surface area contributed by atoms with Crippen LogP contribution < -0.4 is 19.3 Å². The van der Waals surface area contributed by atoms with Gasteiger partial charge in [-0.2, -0.15) is 10.2 Å². The molecular weight excluding hydrogens is 790 g/mol. The number of amides is 2. The highest BCUT2D eigenvalue weighted by Crippen LogP contribution is 2.31. The number of rotatable bonds is 9. The van der Waals surface area contributed by atoms with E-state index in [0.29, 0.717) is 87.9 Å². The number of hydrogen-bond donors (Lipinski definition) is 0. The van der Waals surface area contributed by atoms with Gasteiger partial charge in [0.05, 0.1) is 45.7 Å². The topological polar surface area (TPSA) is 118 Å². The maximum absolute atomic E-state index is 12.7. The lowest BCUT2D eigenvalue weighted by Crippen LogP contribution is -2.49. The fourth-order valence-corrected chi connectivity index (χ4v) is 7.10. The Hall–Kier alpha value is -4.61. The minimum atomic E-state index is -0.216. The number of aromatic nitrogens is 4. The summed E-state index contributed by atoms with van der Waals surface area (Å²) in [7, 11) is 3.18. The highest BCUT2D eigenvalue weighted by atomic mass is 35.5. The van der Waals surface area contributed by atoms with Crippen molar-refractivity contribution >= 4 is 75.4 Å². The molecule has 0 atom stereocenters.